The smallest absolute Gasteiger partial charge is 0.277 e. The Kier molecular flexibility index (Phi) is 4.05. The number of benzene rings is 2. The molecule has 0 unspecified atom stereocenters. The Morgan fingerprint density at radius 2 is 1.79 bits per heavy atom. The van der Waals surface area contributed by atoms with E-state index in [2.05, 4.69) is 4.99 Å². The number of nitrogens with zero attached hydrogens (tertiary/aromatic N) is 2. The Balaban J connectivity index is 2.05. The largest absolute Gasteiger partial charge is 0.288 e. The number of ketones is 1. The minimum atomic E-state index is -0.654. The highest BCUT2D eigenvalue weighted by Crippen LogP contribution is 2.24. The highest BCUT2D eigenvalue weighted by Gasteiger charge is 2.23. The number of hydrogen-bond donors (Lipinski definition) is 0. The second kappa shape index (κ2) is 6.17. The summed E-state index contributed by atoms with van der Waals surface area (Å²) in [4.78, 5) is 38.5. The van der Waals surface area contributed by atoms with E-state index < -0.39 is 10.8 Å². The molecule has 7 heteroatoms. The molecule has 118 valence electrons. The molecule has 0 N–H and O–H groups in total. The molecule has 6 nitrogen and oxygen atoms in total. The van der Waals surface area contributed by atoms with Gasteiger partial charge in [0.15, 0.2) is 0 Å². The van der Waals surface area contributed by atoms with Crippen molar-refractivity contribution in [2.75, 3.05) is 0 Å². The number of Topliss-reactive ketones (excluding diaryl/α,β-unsaturated/α-hetero) is 1. The maximum atomic E-state index is 12.3. The van der Waals surface area contributed by atoms with Gasteiger partial charge in [0.2, 0.25) is 5.78 Å². The van der Waals surface area contributed by atoms with Crippen LogP contribution < -0.4 is 0 Å². The lowest BCUT2D eigenvalue weighted by atomic mass is 9.94. The molecule has 0 heterocycles. The summed E-state index contributed by atoms with van der Waals surface area (Å²) < 4.78 is 0. The Morgan fingerprint density at radius 3 is 2.50 bits per heavy atom. The topological polar surface area (TPSA) is 89.6 Å². The van der Waals surface area contributed by atoms with Crippen molar-refractivity contribution < 1.29 is 14.5 Å². The molecule has 0 radical (unpaired) electrons. The van der Waals surface area contributed by atoms with Crippen LogP contribution in [0.1, 0.15) is 26.3 Å². The third kappa shape index (κ3) is 2.87. The summed E-state index contributed by atoms with van der Waals surface area (Å²) in [7, 11) is 0. The van der Waals surface area contributed by atoms with E-state index in [1.165, 1.54) is 24.3 Å². The van der Waals surface area contributed by atoms with E-state index in [0.29, 0.717) is 11.1 Å². The fourth-order valence-electron chi connectivity index (χ4n) is 2.32. The van der Waals surface area contributed by atoms with Crippen LogP contribution in [0.5, 0.6) is 0 Å². The van der Waals surface area contributed by atoms with Gasteiger partial charge in [0, 0.05) is 28.8 Å². The molecule has 0 saturated carbocycles. The van der Waals surface area contributed by atoms with Gasteiger partial charge in [0.25, 0.3) is 11.6 Å². The van der Waals surface area contributed by atoms with E-state index >= 15 is 0 Å². The number of nitro benzene ring substituents is 1. The number of fused-ring (bicyclic) bond motifs is 1. The van der Waals surface area contributed by atoms with Crippen LogP contribution in [0.4, 0.5) is 5.69 Å². The van der Waals surface area contributed by atoms with Crippen molar-refractivity contribution in [1.82, 2.24) is 0 Å². The molecule has 2 aromatic rings. The van der Waals surface area contributed by atoms with Crippen LogP contribution in [-0.2, 0) is 0 Å². The predicted molar refractivity (Wildman–Crippen MR) is 88.7 cm³/mol. The number of nitro groups is 1. The van der Waals surface area contributed by atoms with E-state index in [1.807, 2.05) is 0 Å². The molecule has 0 atom stereocenters. The SMILES string of the molecule is O=C(N=C1C=C(Cl)C(=O)c2ccccc21)c1cccc([N+](=O)[O-])c1. The molecule has 2 aromatic carbocycles. The third-order valence-electron chi connectivity index (χ3n) is 3.45. The van der Waals surface area contributed by atoms with Gasteiger partial charge in [-0.3, -0.25) is 19.7 Å². The zero-order valence-electron chi connectivity index (χ0n) is 12.1. The van der Waals surface area contributed by atoms with Crippen LogP contribution in [0.2, 0.25) is 0 Å². The van der Waals surface area contributed by atoms with E-state index in [0.717, 1.165) is 6.07 Å². The van der Waals surface area contributed by atoms with Gasteiger partial charge in [-0.25, -0.2) is 4.99 Å². The standard InChI is InChI=1S/C17H9ClN2O4/c18-14-9-15(12-6-1-2-7-13(12)16(14)21)19-17(22)10-4-3-5-11(8-10)20(23)24/h1-9H. The Hall–Kier alpha value is -3.12. The number of carbonyl (C=O) groups is 2. The lowest BCUT2D eigenvalue weighted by Crippen LogP contribution is -2.16. The fraction of sp³-hybridized carbons (Fsp3) is 0. The maximum Gasteiger partial charge on any atom is 0.277 e. The highest BCUT2D eigenvalue weighted by molar-refractivity contribution is 6.49. The fourth-order valence-corrected chi connectivity index (χ4v) is 2.52. The molecule has 0 spiro atoms. The summed E-state index contributed by atoms with van der Waals surface area (Å²) in [6, 6.07) is 11.9. The first-order valence-corrected chi connectivity index (χ1v) is 7.24. The van der Waals surface area contributed by atoms with Crippen LogP contribution in [-0.4, -0.2) is 22.3 Å². The van der Waals surface area contributed by atoms with E-state index in [4.69, 9.17) is 11.6 Å². The van der Waals surface area contributed by atoms with Gasteiger partial charge < -0.3 is 0 Å². The molecule has 24 heavy (non-hydrogen) atoms. The first-order chi connectivity index (χ1) is 11.5. The first-order valence-electron chi connectivity index (χ1n) is 6.86. The maximum absolute atomic E-state index is 12.3. The molecule has 1 aliphatic carbocycles. The summed E-state index contributed by atoms with van der Waals surface area (Å²) in [5.41, 5.74) is 0.970. The van der Waals surface area contributed by atoms with Crippen molar-refractivity contribution >= 4 is 34.7 Å². The molecule has 1 amide bonds. The molecule has 3 rings (SSSR count). The Bertz CT molecular complexity index is 947. The van der Waals surface area contributed by atoms with Crippen LogP contribution in [0.15, 0.2) is 64.6 Å². The van der Waals surface area contributed by atoms with E-state index in [1.54, 1.807) is 24.3 Å². The molecular weight excluding hydrogens is 332 g/mol. The molecule has 0 aliphatic heterocycles. The highest BCUT2D eigenvalue weighted by atomic mass is 35.5. The van der Waals surface area contributed by atoms with Crippen LogP contribution in [0.25, 0.3) is 0 Å². The molecule has 0 saturated heterocycles. The van der Waals surface area contributed by atoms with Crippen molar-refractivity contribution in [1.29, 1.82) is 0 Å². The summed E-state index contributed by atoms with van der Waals surface area (Å²) in [6.07, 6.45) is 1.32. The van der Waals surface area contributed by atoms with Crippen LogP contribution in [0, 0.1) is 10.1 Å². The minimum Gasteiger partial charge on any atom is -0.288 e. The quantitative estimate of drug-likeness (QED) is 0.617. The lowest BCUT2D eigenvalue weighted by Gasteiger charge is -2.13. The zero-order valence-corrected chi connectivity index (χ0v) is 12.9. The van der Waals surface area contributed by atoms with E-state index in [9.17, 15) is 19.7 Å². The lowest BCUT2D eigenvalue weighted by molar-refractivity contribution is -0.384. The van der Waals surface area contributed by atoms with Crippen molar-refractivity contribution in [2.45, 2.75) is 0 Å². The van der Waals surface area contributed by atoms with Gasteiger partial charge in [-0.1, -0.05) is 41.9 Å². The average Bonchev–Trinajstić information content (AvgIpc) is 2.59. The second-order valence-electron chi connectivity index (χ2n) is 4.98. The normalized spacial score (nSPS) is 15.0. The predicted octanol–water partition coefficient (Wildman–Crippen LogP) is 3.54. The first kappa shape index (κ1) is 15.8. The van der Waals surface area contributed by atoms with Crippen molar-refractivity contribution in [3.63, 3.8) is 0 Å². The van der Waals surface area contributed by atoms with Gasteiger partial charge in [-0.05, 0) is 12.1 Å². The summed E-state index contributed by atoms with van der Waals surface area (Å²) in [5, 5.41) is 10.8. The summed E-state index contributed by atoms with van der Waals surface area (Å²) in [6.45, 7) is 0. The number of carbonyl (C=O) groups excluding carboxylic acids is 2. The second-order valence-corrected chi connectivity index (χ2v) is 5.38. The van der Waals surface area contributed by atoms with E-state index in [-0.39, 0.29) is 27.8 Å². The molecule has 0 aromatic heterocycles. The number of halogens is 1. The average molecular weight is 341 g/mol. The summed E-state index contributed by atoms with van der Waals surface area (Å²) >= 11 is 5.92. The van der Waals surface area contributed by atoms with Crippen molar-refractivity contribution in [3.05, 3.63) is 86.4 Å². The van der Waals surface area contributed by atoms with Crippen molar-refractivity contribution in [2.24, 2.45) is 4.99 Å². The van der Waals surface area contributed by atoms with Gasteiger partial charge in [-0.15, -0.1) is 0 Å². The summed E-state index contributed by atoms with van der Waals surface area (Å²) in [5.74, 6) is -0.993. The third-order valence-corrected chi connectivity index (χ3v) is 3.73. The van der Waals surface area contributed by atoms with Gasteiger partial charge in [0.1, 0.15) is 0 Å². The molecular formula is C17H9ClN2O4. The monoisotopic (exact) mass is 340 g/mol. The van der Waals surface area contributed by atoms with Gasteiger partial charge in [0.05, 0.1) is 15.7 Å². The van der Waals surface area contributed by atoms with Gasteiger partial charge >= 0.3 is 0 Å². The molecule has 1 aliphatic rings. The number of allylic oxidation sites excluding steroid dienone is 2. The number of hydrogen-bond acceptors (Lipinski definition) is 4. The molecule has 0 bridgehead atoms. The number of non-ortho nitro benzene ring substituents is 1. The number of aliphatic imine (C=N–C) groups is 1. The van der Waals surface area contributed by atoms with Crippen LogP contribution >= 0.6 is 11.6 Å². The van der Waals surface area contributed by atoms with Crippen molar-refractivity contribution in [3.8, 4) is 0 Å². The Morgan fingerprint density at radius 1 is 1.08 bits per heavy atom. The zero-order chi connectivity index (χ0) is 17.3. The molecule has 0 fully saturated rings. The Labute approximate surface area is 141 Å². The minimum absolute atomic E-state index is 0.0423. The van der Waals surface area contributed by atoms with Gasteiger partial charge in [-0.2, -0.15) is 0 Å². The number of rotatable bonds is 2. The van der Waals surface area contributed by atoms with Crippen LogP contribution in [0.3, 0.4) is 0 Å². The number of amides is 1.